The van der Waals surface area contributed by atoms with Gasteiger partial charge < -0.3 is 10.1 Å². The van der Waals surface area contributed by atoms with Crippen LogP contribution in [0.25, 0.3) is 0 Å². The quantitative estimate of drug-likeness (QED) is 0.313. The largest absolute Gasteiger partial charge is 0.454 e. The third-order valence-electron chi connectivity index (χ3n) is 8.18. The molecule has 2 bridgehead atoms. The van der Waals surface area contributed by atoms with E-state index in [2.05, 4.69) is 5.32 Å². The van der Waals surface area contributed by atoms with Crippen molar-refractivity contribution in [2.75, 3.05) is 11.9 Å². The van der Waals surface area contributed by atoms with Crippen molar-refractivity contribution in [3.63, 3.8) is 0 Å². The molecular weight excluding hydrogens is 551 g/mol. The van der Waals surface area contributed by atoms with E-state index in [9.17, 15) is 19.2 Å². The number of halogens is 2. The number of amides is 3. The first-order valence-corrected chi connectivity index (χ1v) is 13.9. The number of benzene rings is 3. The summed E-state index contributed by atoms with van der Waals surface area (Å²) in [7, 11) is 0. The molecule has 0 aromatic heterocycles. The number of nitrogens with zero attached hydrogens (tertiary/aromatic N) is 1. The van der Waals surface area contributed by atoms with Crippen LogP contribution in [0, 0.1) is 17.8 Å². The predicted octanol–water partition coefficient (Wildman–Crippen LogP) is 5.39. The molecule has 9 heteroatoms. The molecular formula is C31H26Cl2N2O5. The van der Waals surface area contributed by atoms with Gasteiger partial charge in [0.1, 0.15) is 6.04 Å². The highest BCUT2D eigenvalue weighted by molar-refractivity contribution is 6.36. The first kappa shape index (κ1) is 26.5. The Labute approximate surface area is 241 Å². The van der Waals surface area contributed by atoms with Gasteiger partial charge in [0.05, 0.1) is 22.5 Å². The van der Waals surface area contributed by atoms with E-state index in [4.69, 9.17) is 27.9 Å². The van der Waals surface area contributed by atoms with Gasteiger partial charge in [0.25, 0.3) is 5.91 Å². The molecule has 7 nitrogen and oxygen atoms in total. The van der Waals surface area contributed by atoms with Crippen LogP contribution in [0.3, 0.4) is 0 Å². The zero-order chi connectivity index (χ0) is 28.3. The molecule has 0 radical (unpaired) electrons. The van der Waals surface area contributed by atoms with Crippen molar-refractivity contribution in [3.8, 4) is 0 Å². The molecule has 3 atom stereocenters. The van der Waals surface area contributed by atoms with E-state index in [1.54, 1.807) is 19.9 Å². The predicted molar refractivity (Wildman–Crippen MR) is 150 cm³/mol. The van der Waals surface area contributed by atoms with Gasteiger partial charge in [-0.1, -0.05) is 85.6 Å². The third-order valence-corrected chi connectivity index (χ3v) is 8.73. The van der Waals surface area contributed by atoms with E-state index < -0.39 is 42.3 Å². The number of rotatable bonds is 6. The van der Waals surface area contributed by atoms with Gasteiger partial charge in [-0.05, 0) is 46.4 Å². The standard InChI is InChI=1S/C31H26Cl2N2O5/c1-15(2)28(31(39)40-14-23(36)34-22-12-11-16(32)13-21(22)33)35-29(37)26-24-17-7-3-4-8-18(17)25(27(26)30(35)38)20-10-6-5-9-19(20)24/h3-13,15,24-28H,14H2,1-2H3,(H,34,36)/t24?,25?,26-,27+,28-/m1/s1. The van der Waals surface area contributed by atoms with Crippen molar-refractivity contribution in [2.24, 2.45) is 17.8 Å². The fraction of sp³-hybridized carbons (Fsp3) is 0.290. The molecule has 40 heavy (non-hydrogen) atoms. The van der Waals surface area contributed by atoms with Crippen LogP contribution >= 0.6 is 23.2 Å². The first-order valence-electron chi connectivity index (χ1n) is 13.1. The Hall–Kier alpha value is -3.68. The molecule has 1 fully saturated rings. The molecule has 0 saturated carbocycles. The van der Waals surface area contributed by atoms with E-state index >= 15 is 0 Å². The summed E-state index contributed by atoms with van der Waals surface area (Å²) >= 11 is 12.0. The summed E-state index contributed by atoms with van der Waals surface area (Å²) in [5, 5.41) is 3.22. The molecule has 4 aliphatic rings. The second-order valence-corrected chi connectivity index (χ2v) is 11.6. The summed E-state index contributed by atoms with van der Waals surface area (Å²) in [6, 6.07) is 19.3. The summed E-state index contributed by atoms with van der Waals surface area (Å²) in [6.07, 6.45) is 0. The van der Waals surface area contributed by atoms with Gasteiger partial charge in [0.15, 0.2) is 6.61 Å². The molecule has 3 amide bonds. The van der Waals surface area contributed by atoms with E-state index in [0.717, 1.165) is 27.2 Å². The highest BCUT2D eigenvalue weighted by atomic mass is 35.5. The number of carbonyl (C=O) groups excluding carboxylic acids is 4. The SMILES string of the molecule is CC(C)[C@H](C(=O)OCC(=O)Nc1ccc(Cl)cc1Cl)N1C(=O)[C@@H]2C3c4ccccc4C(c4ccccc43)[C@@H]2C1=O. The first-order chi connectivity index (χ1) is 19.2. The molecule has 3 aliphatic carbocycles. The van der Waals surface area contributed by atoms with Crippen LogP contribution in [0.5, 0.6) is 0 Å². The molecule has 3 aromatic carbocycles. The summed E-state index contributed by atoms with van der Waals surface area (Å²) in [5.41, 5.74) is 4.53. The average Bonchev–Trinajstić information content (AvgIpc) is 3.19. The maximum Gasteiger partial charge on any atom is 0.330 e. The Kier molecular flexibility index (Phi) is 6.67. The van der Waals surface area contributed by atoms with E-state index in [1.165, 1.54) is 12.1 Å². The lowest BCUT2D eigenvalue weighted by Crippen LogP contribution is -2.49. The second-order valence-electron chi connectivity index (χ2n) is 10.8. The molecule has 1 aliphatic heterocycles. The van der Waals surface area contributed by atoms with E-state index in [1.807, 2.05) is 48.5 Å². The molecule has 0 spiro atoms. The molecule has 204 valence electrons. The zero-order valence-corrected chi connectivity index (χ0v) is 23.3. The average molecular weight is 577 g/mol. The van der Waals surface area contributed by atoms with Gasteiger partial charge >= 0.3 is 5.97 Å². The van der Waals surface area contributed by atoms with E-state index in [0.29, 0.717) is 10.7 Å². The maximum atomic E-state index is 14.0. The van der Waals surface area contributed by atoms with Gasteiger partial charge in [0, 0.05) is 16.9 Å². The van der Waals surface area contributed by atoms with Crippen LogP contribution in [-0.4, -0.2) is 41.2 Å². The Balaban J connectivity index is 1.26. The lowest BCUT2D eigenvalue weighted by molar-refractivity contribution is -0.162. The van der Waals surface area contributed by atoms with Crippen molar-refractivity contribution in [2.45, 2.75) is 31.7 Å². The van der Waals surface area contributed by atoms with Crippen molar-refractivity contribution >= 4 is 52.6 Å². The van der Waals surface area contributed by atoms with Crippen LogP contribution in [0.1, 0.15) is 47.9 Å². The number of ether oxygens (including phenoxy) is 1. The van der Waals surface area contributed by atoms with Gasteiger partial charge in [-0.25, -0.2) is 4.79 Å². The van der Waals surface area contributed by atoms with Gasteiger partial charge in [-0.15, -0.1) is 0 Å². The van der Waals surface area contributed by atoms with E-state index in [-0.39, 0.29) is 28.7 Å². The van der Waals surface area contributed by atoms with Crippen molar-refractivity contribution in [1.29, 1.82) is 0 Å². The number of anilines is 1. The lowest BCUT2D eigenvalue weighted by Gasteiger charge is -2.45. The van der Waals surface area contributed by atoms with Crippen molar-refractivity contribution < 1.29 is 23.9 Å². The van der Waals surface area contributed by atoms with Crippen LogP contribution in [0.2, 0.25) is 10.0 Å². The topological polar surface area (TPSA) is 92.8 Å². The number of esters is 1. The van der Waals surface area contributed by atoms with Crippen LogP contribution in [0.15, 0.2) is 66.7 Å². The lowest BCUT2D eigenvalue weighted by atomic mass is 9.55. The maximum absolute atomic E-state index is 14.0. The Bertz CT molecular complexity index is 1460. The van der Waals surface area contributed by atoms with Crippen LogP contribution < -0.4 is 5.32 Å². The monoisotopic (exact) mass is 576 g/mol. The minimum absolute atomic E-state index is 0.236. The van der Waals surface area contributed by atoms with Gasteiger partial charge in [-0.2, -0.15) is 0 Å². The second kappa shape index (κ2) is 10.1. The smallest absolute Gasteiger partial charge is 0.330 e. The molecule has 0 unspecified atom stereocenters. The van der Waals surface area contributed by atoms with Crippen LogP contribution in [0.4, 0.5) is 5.69 Å². The molecule has 1 heterocycles. The molecule has 1 saturated heterocycles. The highest BCUT2D eigenvalue weighted by Crippen LogP contribution is 2.61. The van der Waals surface area contributed by atoms with Crippen molar-refractivity contribution in [1.82, 2.24) is 4.90 Å². The summed E-state index contributed by atoms with van der Waals surface area (Å²) in [6.45, 7) is 2.90. The molecule has 1 N–H and O–H groups in total. The molecule has 3 aromatic rings. The fourth-order valence-corrected chi connectivity index (χ4v) is 7.11. The normalized spacial score (nSPS) is 23.0. The van der Waals surface area contributed by atoms with Gasteiger partial charge in [-0.3, -0.25) is 19.3 Å². The summed E-state index contributed by atoms with van der Waals surface area (Å²) in [5.74, 6) is -4.36. The van der Waals surface area contributed by atoms with Crippen LogP contribution in [-0.2, 0) is 23.9 Å². The number of carbonyl (C=O) groups is 4. The minimum atomic E-state index is -1.16. The van der Waals surface area contributed by atoms with Gasteiger partial charge in [0.2, 0.25) is 11.8 Å². The number of nitrogens with one attached hydrogen (secondary N) is 1. The number of hydrogen-bond donors (Lipinski definition) is 1. The third kappa shape index (κ3) is 4.11. The molecule has 7 rings (SSSR count). The fourth-order valence-electron chi connectivity index (χ4n) is 6.65. The Morgan fingerprint density at radius 3 is 1.80 bits per heavy atom. The Morgan fingerprint density at radius 1 is 0.850 bits per heavy atom. The summed E-state index contributed by atoms with van der Waals surface area (Å²) in [4.78, 5) is 55.1. The highest BCUT2D eigenvalue weighted by Gasteiger charge is 2.63. The minimum Gasteiger partial charge on any atom is -0.454 e. The number of likely N-dealkylation sites (tertiary alicyclic amines) is 1. The number of imide groups is 1. The van der Waals surface area contributed by atoms with Crippen molar-refractivity contribution in [3.05, 3.63) is 99.0 Å². The number of hydrogen-bond acceptors (Lipinski definition) is 5. The summed E-state index contributed by atoms with van der Waals surface area (Å²) < 4.78 is 5.35. The zero-order valence-electron chi connectivity index (χ0n) is 21.8. The Morgan fingerprint density at radius 2 is 1.35 bits per heavy atom.